The van der Waals surface area contributed by atoms with Crippen LogP contribution in [0.1, 0.15) is 24.9 Å². The van der Waals surface area contributed by atoms with Crippen LogP contribution in [0.25, 0.3) is 0 Å². The summed E-state index contributed by atoms with van der Waals surface area (Å²) in [6, 6.07) is 4.15. The van der Waals surface area contributed by atoms with Gasteiger partial charge in [0.15, 0.2) is 0 Å². The standard InChI is InChI=1S/C13H15F4NO3/c1-2-20-11(19)7-10(18)8-4-3-5-9(6-8)21-13(16,17)12(14)15/h3-6,10,12H,2,7,18H2,1H3/t10-/m1/s1. The van der Waals surface area contributed by atoms with Crippen LogP contribution in [0.3, 0.4) is 0 Å². The lowest BCUT2D eigenvalue weighted by molar-refractivity contribution is -0.253. The molecule has 1 rings (SSSR count). The lowest BCUT2D eigenvalue weighted by Crippen LogP contribution is -2.33. The number of nitrogens with two attached hydrogens (primary N) is 1. The van der Waals surface area contributed by atoms with Crippen molar-refractivity contribution in [1.82, 2.24) is 0 Å². The van der Waals surface area contributed by atoms with Crippen molar-refractivity contribution in [2.75, 3.05) is 6.61 Å². The van der Waals surface area contributed by atoms with Crippen LogP contribution in [0, 0.1) is 0 Å². The number of hydrogen-bond acceptors (Lipinski definition) is 4. The molecule has 1 aromatic carbocycles. The molecular weight excluding hydrogens is 294 g/mol. The molecule has 0 aliphatic carbocycles. The molecule has 118 valence electrons. The second-order valence-electron chi connectivity index (χ2n) is 4.15. The predicted molar refractivity (Wildman–Crippen MR) is 66.2 cm³/mol. The smallest absolute Gasteiger partial charge is 0.461 e. The van der Waals surface area contributed by atoms with Gasteiger partial charge in [0.2, 0.25) is 0 Å². The van der Waals surface area contributed by atoms with Gasteiger partial charge in [0.1, 0.15) is 5.75 Å². The van der Waals surface area contributed by atoms with Gasteiger partial charge in [-0.25, -0.2) is 0 Å². The summed E-state index contributed by atoms with van der Waals surface area (Å²) in [6.07, 6.45) is -8.71. The summed E-state index contributed by atoms with van der Waals surface area (Å²) in [5.41, 5.74) is 6.02. The number of esters is 1. The van der Waals surface area contributed by atoms with E-state index in [4.69, 9.17) is 10.5 Å². The third kappa shape index (κ3) is 5.22. The molecule has 0 spiro atoms. The van der Waals surface area contributed by atoms with Crippen molar-refractivity contribution >= 4 is 5.97 Å². The second kappa shape index (κ2) is 7.26. The molecule has 1 aromatic rings. The monoisotopic (exact) mass is 309 g/mol. The number of rotatable bonds is 7. The maximum absolute atomic E-state index is 12.8. The number of hydrogen-bond donors (Lipinski definition) is 1. The maximum atomic E-state index is 12.8. The first-order valence-electron chi connectivity index (χ1n) is 6.12. The third-order valence-corrected chi connectivity index (χ3v) is 2.49. The van der Waals surface area contributed by atoms with Crippen molar-refractivity contribution in [3.63, 3.8) is 0 Å². The van der Waals surface area contributed by atoms with E-state index in [0.717, 1.165) is 12.1 Å². The van der Waals surface area contributed by atoms with Gasteiger partial charge in [0.25, 0.3) is 0 Å². The average molecular weight is 309 g/mol. The number of halogens is 4. The number of alkyl halides is 4. The molecule has 0 aliphatic heterocycles. The normalized spacial score (nSPS) is 13.1. The van der Waals surface area contributed by atoms with Gasteiger partial charge in [-0.05, 0) is 24.6 Å². The highest BCUT2D eigenvalue weighted by Gasteiger charge is 2.44. The van der Waals surface area contributed by atoms with E-state index in [0.29, 0.717) is 5.56 Å². The zero-order chi connectivity index (χ0) is 16.0. The summed E-state index contributed by atoms with van der Waals surface area (Å²) < 4.78 is 58.4. The molecule has 1 atom stereocenters. The maximum Gasteiger partial charge on any atom is 0.461 e. The van der Waals surface area contributed by atoms with E-state index in [2.05, 4.69) is 4.74 Å². The third-order valence-electron chi connectivity index (χ3n) is 2.49. The molecule has 0 fully saturated rings. The van der Waals surface area contributed by atoms with Gasteiger partial charge in [-0.1, -0.05) is 12.1 Å². The Labute approximate surface area is 118 Å². The topological polar surface area (TPSA) is 61.5 Å². The highest BCUT2D eigenvalue weighted by Crippen LogP contribution is 2.29. The Kier molecular flexibility index (Phi) is 5.95. The Morgan fingerprint density at radius 2 is 2.05 bits per heavy atom. The summed E-state index contributed by atoms with van der Waals surface area (Å²) in [4.78, 5) is 11.3. The molecule has 0 bridgehead atoms. The molecule has 4 nitrogen and oxygen atoms in total. The zero-order valence-corrected chi connectivity index (χ0v) is 11.2. The van der Waals surface area contributed by atoms with Crippen LogP contribution in [0.4, 0.5) is 17.6 Å². The molecule has 0 aromatic heterocycles. The molecular formula is C13H15F4NO3. The van der Waals surface area contributed by atoms with Crippen molar-refractivity contribution in [3.05, 3.63) is 29.8 Å². The van der Waals surface area contributed by atoms with E-state index in [1.165, 1.54) is 12.1 Å². The number of ether oxygens (including phenoxy) is 2. The quantitative estimate of drug-likeness (QED) is 0.621. The largest absolute Gasteiger partial charge is 0.466 e. The van der Waals surface area contributed by atoms with Gasteiger partial charge in [0, 0.05) is 6.04 Å². The Hall–Kier alpha value is -1.83. The fourth-order valence-corrected chi connectivity index (χ4v) is 1.53. The highest BCUT2D eigenvalue weighted by molar-refractivity contribution is 5.70. The fraction of sp³-hybridized carbons (Fsp3) is 0.462. The molecule has 0 amide bonds. The number of benzene rings is 1. The summed E-state index contributed by atoms with van der Waals surface area (Å²) in [5, 5.41) is 0. The number of carbonyl (C=O) groups is 1. The molecule has 8 heteroatoms. The van der Waals surface area contributed by atoms with Gasteiger partial charge in [-0.2, -0.15) is 17.6 Å². The van der Waals surface area contributed by atoms with Crippen molar-refractivity contribution in [2.45, 2.75) is 31.9 Å². The van der Waals surface area contributed by atoms with Crippen LogP contribution in [0.15, 0.2) is 24.3 Å². The van der Waals surface area contributed by atoms with E-state index < -0.39 is 30.3 Å². The Morgan fingerprint density at radius 1 is 1.38 bits per heavy atom. The fourth-order valence-electron chi connectivity index (χ4n) is 1.53. The van der Waals surface area contributed by atoms with Crippen LogP contribution < -0.4 is 10.5 Å². The van der Waals surface area contributed by atoms with Gasteiger partial charge >= 0.3 is 18.5 Å². The van der Waals surface area contributed by atoms with Crippen molar-refractivity contribution < 1.29 is 31.8 Å². The summed E-state index contributed by atoms with van der Waals surface area (Å²) in [7, 11) is 0. The molecule has 21 heavy (non-hydrogen) atoms. The van der Waals surface area contributed by atoms with Crippen LogP contribution >= 0.6 is 0 Å². The first-order chi connectivity index (χ1) is 9.76. The molecule has 0 unspecified atom stereocenters. The van der Waals surface area contributed by atoms with Crippen molar-refractivity contribution in [1.29, 1.82) is 0 Å². The molecule has 0 saturated carbocycles. The molecule has 0 heterocycles. The SMILES string of the molecule is CCOC(=O)C[C@@H](N)c1cccc(OC(F)(F)C(F)F)c1. The minimum atomic E-state index is -4.59. The Bertz CT molecular complexity index is 482. The predicted octanol–water partition coefficient (Wildman–Crippen LogP) is 2.88. The van der Waals surface area contributed by atoms with Gasteiger partial charge in [-0.15, -0.1) is 0 Å². The number of carbonyl (C=O) groups excluding carboxylic acids is 1. The van der Waals surface area contributed by atoms with E-state index in [1.54, 1.807) is 6.92 Å². The molecule has 2 N–H and O–H groups in total. The van der Waals surface area contributed by atoms with E-state index >= 15 is 0 Å². The summed E-state index contributed by atoms with van der Waals surface area (Å²) in [5.74, 6) is -1.01. The van der Waals surface area contributed by atoms with Gasteiger partial charge in [-0.3, -0.25) is 4.79 Å². The lowest BCUT2D eigenvalue weighted by Gasteiger charge is -2.18. The first kappa shape index (κ1) is 17.2. The van der Waals surface area contributed by atoms with Crippen molar-refractivity contribution in [3.8, 4) is 5.75 Å². The van der Waals surface area contributed by atoms with E-state index in [-0.39, 0.29) is 13.0 Å². The second-order valence-corrected chi connectivity index (χ2v) is 4.15. The minimum Gasteiger partial charge on any atom is -0.466 e. The van der Waals surface area contributed by atoms with Crippen LogP contribution in [0.2, 0.25) is 0 Å². The molecule has 0 saturated heterocycles. The van der Waals surface area contributed by atoms with Crippen LogP contribution in [-0.2, 0) is 9.53 Å². The van der Waals surface area contributed by atoms with Gasteiger partial charge < -0.3 is 15.2 Å². The van der Waals surface area contributed by atoms with Crippen molar-refractivity contribution in [2.24, 2.45) is 5.73 Å². The highest BCUT2D eigenvalue weighted by atomic mass is 19.3. The summed E-state index contributed by atoms with van der Waals surface area (Å²) >= 11 is 0. The van der Waals surface area contributed by atoms with E-state index in [1.807, 2.05) is 0 Å². The van der Waals surface area contributed by atoms with Crippen LogP contribution in [0.5, 0.6) is 5.75 Å². The minimum absolute atomic E-state index is 0.164. The lowest BCUT2D eigenvalue weighted by atomic mass is 10.0. The summed E-state index contributed by atoms with van der Waals surface area (Å²) in [6.45, 7) is 1.82. The Balaban J connectivity index is 2.78. The first-order valence-corrected chi connectivity index (χ1v) is 6.12. The zero-order valence-electron chi connectivity index (χ0n) is 11.2. The average Bonchev–Trinajstić information content (AvgIpc) is 2.38. The Morgan fingerprint density at radius 3 is 2.62 bits per heavy atom. The van der Waals surface area contributed by atoms with Gasteiger partial charge in [0.05, 0.1) is 13.0 Å². The molecule has 0 radical (unpaired) electrons. The van der Waals surface area contributed by atoms with Crippen LogP contribution in [-0.4, -0.2) is 25.1 Å². The molecule has 0 aliphatic rings. The van der Waals surface area contributed by atoms with E-state index in [9.17, 15) is 22.4 Å².